The minimum absolute atomic E-state index is 0.00344. The van der Waals surface area contributed by atoms with Crippen molar-refractivity contribution in [2.24, 2.45) is 0 Å². The Hall–Kier alpha value is -2.82. The summed E-state index contributed by atoms with van der Waals surface area (Å²) in [6, 6.07) is 15.6. The van der Waals surface area contributed by atoms with Crippen LogP contribution in [0.2, 0.25) is 0 Å². The van der Waals surface area contributed by atoms with E-state index in [9.17, 15) is 9.59 Å². The maximum atomic E-state index is 12.8. The van der Waals surface area contributed by atoms with Gasteiger partial charge in [-0.05, 0) is 48.6 Å². The molecule has 134 valence electrons. The molecule has 2 aliphatic rings. The average Bonchev–Trinajstić information content (AvgIpc) is 3.47. The van der Waals surface area contributed by atoms with Crippen LogP contribution < -0.4 is 15.5 Å². The Morgan fingerprint density at radius 2 is 1.88 bits per heavy atom. The highest BCUT2D eigenvalue weighted by molar-refractivity contribution is 5.96. The molecule has 4 rings (SSSR count). The topological polar surface area (TPSA) is 61.4 Å². The van der Waals surface area contributed by atoms with Gasteiger partial charge in [-0.3, -0.25) is 9.59 Å². The van der Waals surface area contributed by atoms with Crippen molar-refractivity contribution in [1.82, 2.24) is 5.32 Å². The fourth-order valence-corrected chi connectivity index (χ4v) is 3.37. The first kappa shape index (κ1) is 16.6. The Morgan fingerprint density at radius 3 is 2.62 bits per heavy atom. The lowest BCUT2D eigenvalue weighted by atomic mass is 10.00. The van der Waals surface area contributed by atoms with E-state index in [1.165, 1.54) is 0 Å². The van der Waals surface area contributed by atoms with Crippen LogP contribution in [0.1, 0.15) is 36.4 Å². The zero-order valence-corrected chi connectivity index (χ0v) is 14.9. The summed E-state index contributed by atoms with van der Waals surface area (Å²) in [7, 11) is 1.81. The second-order valence-corrected chi connectivity index (χ2v) is 7.07. The Labute approximate surface area is 153 Å². The van der Waals surface area contributed by atoms with Gasteiger partial charge in [-0.15, -0.1) is 0 Å². The van der Waals surface area contributed by atoms with Gasteiger partial charge in [0, 0.05) is 30.9 Å². The summed E-state index contributed by atoms with van der Waals surface area (Å²) in [6.07, 6.45) is 3.38. The first-order valence-electron chi connectivity index (χ1n) is 9.13. The molecule has 0 spiro atoms. The summed E-state index contributed by atoms with van der Waals surface area (Å²) in [6.45, 7) is 0. The molecule has 1 atom stereocenters. The number of nitrogens with one attached hydrogen (secondary N) is 2. The number of carbonyl (C=O) groups is 2. The number of fused-ring (bicyclic) bond motifs is 1. The molecule has 0 saturated heterocycles. The number of anilines is 2. The fourth-order valence-electron chi connectivity index (χ4n) is 3.37. The quantitative estimate of drug-likeness (QED) is 0.872. The third-order valence-electron chi connectivity index (χ3n) is 5.05. The molecule has 0 unspecified atom stereocenters. The van der Waals surface area contributed by atoms with Gasteiger partial charge < -0.3 is 15.5 Å². The summed E-state index contributed by atoms with van der Waals surface area (Å²) in [5, 5.41) is 6.48. The molecular weight excluding hydrogens is 326 g/mol. The zero-order chi connectivity index (χ0) is 18.1. The van der Waals surface area contributed by atoms with Gasteiger partial charge in [0.1, 0.15) is 6.04 Å². The number of rotatable bonds is 5. The lowest BCUT2D eigenvalue weighted by Crippen LogP contribution is -2.35. The van der Waals surface area contributed by atoms with Crippen LogP contribution in [-0.4, -0.2) is 24.9 Å². The molecule has 1 saturated carbocycles. The van der Waals surface area contributed by atoms with Crippen molar-refractivity contribution in [2.45, 2.75) is 37.8 Å². The van der Waals surface area contributed by atoms with Gasteiger partial charge in [0.05, 0.1) is 0 Å². The minimum atomic E-state index is -0.433. The SMILES string of the molecule is CN1C(=O)CCc2cc(N[C@@H](C(=O)NC3CC3)c3ccccc3)ccc21. The molecule has 5 nitrogen and oxygen atoms in total. The lowest BCUT2D eigenvalue weighted by Gasteiger charge is -2.27. The monoisotopic (exact) mass is 349 g/mol. The van der Waals surface area contributed by atoms with Crippen LogP contribution in [0.15, 0.2) is 48.5 Å². The van der Waals surface area contributed by atoms with E-state index in [-0.39, 0.29) is 11.8 Å². The number of carbonyl (C=O) groups excluding carboxylic acids is 2. The van der Waals surface area contributed by atoms with Crippen molar-refractivity contribution in [3.05, 3.63) is 59.7 Å². The fraction of sp³-hybridized carbons (Fsp3) is 0.333. The molecule has 1 aliphatic heterocycles. The molecule has 26 heavy (non-hydrogen) atoms. The van der Waals surface area contributed by atoms with Crippen molar-refractivity contribution in [3.63, 3.8) is 0 Å². The van der Waals surface area contributed by atoms with E-state index in [1.807, 2.05) is 49.5 Å². The first-order valence-corrected chi connectivity index (χ1v) is 9.13. The number of nitrogens with zero attached hydrogens (tertiary/aromatic N) is 1. The molecular formula is C21H23N3O2. The van der Waals surface area contributed by atoms with Crippen LogP contribution in [0.25, 0.3) is 0 Å². The second kappa shape index (κ2) is 6.83. The maximum absolute atomic E-state index is 12.8. The van der Waals surface area contributed by atoms with Crippen molar-refractivity contribution in [3.8, 4) is 0 Å². The van der Waals surface area contributed by atoms with Gasteiger partial charge in [0.15, 0.2) is 0 Å². The molecule has 5 heteroatoms. The summed E-state index contributed by atoms with van der Waals surface area (Å²) in [5.74, 6) is 0.146. The maximum Gasteiger partial charge on any atom is 0.247 e. The molecule has 2 amide bonds. The van der Waals surface area contributed by atoms with Gasteiger partial charge in [-0.2, -0.15) is 0 Å². The Balaban J connectivity index is 1.59. The normalized spacial score (nSPS) is 17.4. The summed E-state index contributed by atoms with van der Waals surface area (Å²) in [4.78, 5) is 26.3. The molecule has 2 aromatic rings. The van der Waals surface area contributed by atoms with Gasteiger partial charge in [0.2, 0.25) is 11.8 Å². The highest BCUT2D eigenvalue weighted by Gasteiger charge is 2.29. The molecule has 1 aliphatic carbocycles. The predicted octanol–water partition coefficient (Wildman–Crippen LogP) is 3.03. The summed E-state index contributed by atoms with van der Waals surface area (Å²) >= 11 is 0. The van der Waals surface area contributed by atoms with Crippen LogP contribution in [0.5, 0.6) is 0 Å². The molecule has 0 aromatic heterocycles. The van der Waals surface area contributed by atoms with Crippen LogP contribution in [-0.2, 0) is 16.0 Å². The number of benzene rings is 2. The molecule has 2 aromatic carbocycles. The number of amides is 2. The van der Waals surface area contributed by atoms with Crippen molar-refractivity contribution in [2.75, 3.05) is 17.3 Å². The largest absolute Gasteiger partial charge is 0.370 e. The zero-order valence-electron chi connectivity index (χ0n) is 14.9. The van der Waals surface area contributed by atoms with E-state index in [0.29, 0.717) is 12.5 Å². The highest BCUT2D eigenvalue weighted by atomic mass is 16.2. The van der Waals surface area contributed by atoms with Crippen LogP contribution in [0, 0.1) is 0 Å². The molecule has 2 N–H and O–H groups in total. The smallest absolute Gasteiger partial charge is 0.247 e. The van der Waals surface area contributed by atoms with Crippen LogP contribution in [0.4, 0.5) is 11.4 Å². The van der Waals surface area contributed by atoms with Crippen LogP contribution >= 0.6 is 0 Å². The Morgan fingerprint density at radius 1 is 1.12 bits per heavy atom. The van der Waals surface area contributed by atoms with E-state index in [4.69, 9.17) is 0 Å². The highest BCUT2D eigenvalue weighted by Crippen LogP contribution is 2.31. The number of aryl methyl sites for hydroxylation is 1. The van der Waals surface area contributed by atoms with Gasteiger partial charge in [-0.1, -0.05) is 30.3 Å². The van der Waals surface area contributed by atoms with E-state index < -0.39 is 6.04 Å². The first-order chi connectivity index (χ1) is 12.6. The number of hydrogen-bond acceptors (Lipinski definition) is 3. The standard InChI is InChI=1S/C21H23N3O2/c1-24-18-11-10-17(13-15(18)7-12-19(24)25)22-20(14-5-3-2-4-6-14)21(26)23-16-8-9-16/h2-6,10-11,13,16,20,22H,7-9,12H2,1H3,(H,23,26)/t20-/m1/s1. The van der Waals surface area contributed by atoms with Crippen molar-refractivity contribution >= 4 is 23.2 Å². The van der Waals surface area contributed by atoms with Gasteiger partial charge in [0.25, 0.3) is 0 Å². The van der Waals surface area contributed by atoms with E-state index in [2.05, 4.69) is 16.7 Å². The third kappa shape index (κ3) is 3.43. The predicted molar refractivity (Wildman–Crippen MR) is 102 cm³/mol. The average molecular weight is 349 g/mol. The Kier molecular flexibility index (Phi) is 4.37. The second-order valence-electron chi connectivity index (χ2n) is 7.07. The van der Waals surface area contributed by atoms with Gasteiger partial charge in [-0.25, -0.2) is 0 Å². The van der Waals surface area contributed by atoms with E-state index in [0.717, 1.165) is 41.8 Å². The minimum Gasteiger partial charge on any atom is -0.370 e. The Bertz CT molecular complexity index is 830. The molecule has 0 bridgehead atoms. The van der Waals surface area contributed by atoms with Crippen molar-refractivity contribution in [1.29, 1.82) is 0 Å². The lowest BCUT2D eigenvalue weighted by molar-refractivity contribution is -0.122. The molecule has 1 heterocycles. The van der Waals surface area contributed by atoms with Crippen LogP contribution in [0.3, 0.4) is 0 Å². The van der Waals surface area contributed by atoms with E-state index >= 15 is 0 Å². The summed E-state index contributed by atoms with van der Waals surface area (Å²) in [5.41, 5.74) is 3.92. The van der Waals surface area contributed by atoms with Gasteiger partial charge >= 0.3 is 0 Å². The van der Waals surface area contributed by atoms with E-state index in [1.54, 1.807) is 4.90 Å². The molecule has 1 fully saturated rings. The summed E-state index contributed by atoms with van der Waals surface area (Å²) < 4.78 is 0. The van der Waals surface area contributed by atoms with Crippen molar-refractivity contribution < 1.29 is 9.59 Å². The third-order valence-corrected chi connectivity index (χ3v) is 5.05. The number of hydrogen-bond donors (Lipinski definition) is 2. The molecule has 0 radical (unpaired) electrons.